The smallest absolute Gasteiger partial charge is 0.213 e. The van der Waals surface area contributed by atoms with Crippen molar-refractivity contribution in [3.63, 3.8) is 0 Å². The van der Waals surface area contributed by atoms with Crippen molar-refractivity contribution < 1.29 is 4.39 Å². The van der Waals surface area contributed by atoms with Crippen molar-refractivity contribution in [1.29, 1.82) is 0 Å². The highest BCUT2D eigenvalue weighted by Crippen LogP contribution is 2.20. The van der Waals surface area contributed by atoms with Crippen LogP contribution in [0.3, 0.4) is 0 Å². The minimum Gasteiger partial charge on any atom is -0.383 e. The third-order valence-corrected chi connectivity index (χ3v) is 3.55. The number of rotatable bonds is 5. The van der Waals surface area contributed by atoms with Gasteiger partial charge in [0.05, 0.1) is 12.2 Å². The number of hydrogen-bond acceptors (Lipinski definition) is 5. The topological polar surface area (TPSA) is 82.5 Å². The lowest BCUT2D eigenvalue weighted by molar-refractivity contribution is 0.584. The van der Waals surface area contributed by atoms with E-state index in [9.17, 15) is 4.39 Å². The molecule has 0 saturated carbocycles. The number of halogens is 1. The molecule has 0 aliphatic heterocycles. The molecule has 3 aromatic heterocycles. The Bertz CT molecular complexity index is 815. The maximum atomic E-state index is 13.3. The predicted molar refractivity (Wildman–Crippen MR) is 96.3 cm³/mol. The number of nitrogens with zero attached hydrogens (tertiary/aromatic N) is 5. The Morgan fingerprint density at radius 1 is 1.16 bits per heavy atom. The Kier molecular flexibility index (Phi) is 6.56. The Morgan fingerprint density at radius 2 is 1.96 bits per heavy atom. The number of nitrogen functional groups attached to an aromatic ring is 1. The van der Waals surface area contributed by atoms with Crippen LogP contribution in [0.4, 0.5) is 10.2 Å². The molecule has 3 heterocycles. The zero-order valence-electron chi connectivity index (χ0n) is 14.8. The van der Waals surface area contributed by atoms with Crippen molar-refractivity contribution in [2.45, 2.75) is 40.2 Å². The summed E-state index contributed by atoms with van der Waals surface area (Å²) in [6.07, 6.45) is 6.69. The van der Waals surface area contributed by atoms with Gasteiger partial charge in [0.1, 0.15) is 17.8 Å². The molecule has 0 radical (unpaired) electrons. The van der Waals surface area contributed by atoms with Crippen LogP contribution in [0.25, 0.3) is 11.5 Å². The largest absolute Gasteiger partial charge is 0.383 e. The van der Waals surface area contributed by atoms with Crippen LogP contribution in [0.1, 0.15) is 38.4 Å². The van der Waals surface area contributed by atoms with Crippen LogP contribution in [-0.2, 0) is 13.0 Å². The molecule has 0 bridgehead atoms. The van der Waals surface area contributed by atoms with Crippen molar-refractivity contribution in [3.8, 4) is 11.5 Å². The quantitative estimate of drug-likeness (QED) is 0.718. The van der Waals surface area contributed by atoms with Gasteiger partial charge in [-0.3, -0.25) is 0 Å². The second-order valence-corrected chi connectivity index (χ2v) is 5.16. The van der Waals surface area contributed by atoms with E-state index in [1.165, 1.54) is 12.4 Å². The third-order valence-electron chi connectivity index (χ3n) is 3.55. The fraction of sp³-hybridized carbons (Fsp3) is 0.333. The predicted octanol–water partition coefficient (Wildman–Crippen LogP) is 3.48. The van der Waals surface area contributed by atoms with Gasteiger partial charge in [-0.2, -0.15) is 4.39 Å². The van der Waals surface area contributed by atoms with Gasteiger partial charge in [0, 0.05) is 18.0 Å². The van der Waals surface area contributed by atoms with Crippen LogP contribution in [0.15, 0.2) is 36.9 Å². The lowest BCUT2D eigenvalue weighted by atomic mass is 10.1. The van der Waals surface area contributed by atoms with Crippen LogP contribution in [0.5, 0.6) is 0 Å². The molecule has 0 saturated heterocycles. The summed E-state index contributed by atoms with van der Waals surface area (Å²) in [7, 11) is 0. The molecule has 2 N–H and O–H groups in total. The number of hydrogen-bond donors (Lipinski definition) is 1. The van der Waals surface area contributed by atoms with Crippen molar-refractivity contribution in [2.75, 3.05) is 5.73 Å². The molecule has 3 aromatic rings. The first kappa shape index (κ1) is 18.5. The van der Waals surface area contributed by atoms with Crippen molar-refractivity contribution in [3.05, 3.63) is 54.1 Å². The molecule has 0 atom stereocenters. The van der Waals surface area contributed by atoms with Crippen LogP contribution in [0.2, 0.25) is 0 Å². The van der Waals surface area contributed by atoms with Gasteiger partial charge < -0.3 is 10.3 Å². The second-order valence-electron chi connectivity index (χ2n) is 5.16. The fourth-order valence-electron chi connectivity index (χ4n) is 2.49. The molecule has 7 heteroatoms. The van der Waals surface area contributed by atoms with Crippen LogP contribution < -0.4 is 5.73 Å². The number of imidazole rings is 1. The van der Waals surface area contributed by atoms with Gasteiger partial charge in [-0.1, -0.05) is 33.3 Å². The molecule has 0 aromatic carbocycles. The van der Waals surface area contributed by atoms with E-state index in [1.807, 2.05) is 24.6 Å². The maximum Gasteiger partial charge on any atom is 0.213 e. The van der Waals surface area contributed by atoms with Crippen molar-refractivity contribution >= 4 is 5.82 Å². The Hall–Kier alpha value is -2.83. The summed E-state index contributed by atoms with van der Waals surface area (Å²) < 4.78 is 15.2. The van der Waals surface area contributed by atoms with E-state index in [4.69, 9.17) is 5.73 Å². The number of nitrogens with two attached hydrogens (primary N) is 1. The van der Waals surface area contributed by atoms with E-state index in [-0.39, 0.29) is 0 Å². The number of pyridine rings is 1. The first-order valence-corrected chi connectivity index (χ1v) is 8.41. The number of aromatic nitrogens is 5. The average molecular weight is 342 g/mol. The highest BCUT2D eigenvalue weighted by Gasteiger charge is 2.13. The van der Waals surface area contributed by atoms with Gasteiger partial charge in [-0.25, -0.2) is 19.9 Å². The van der Waals surface area contributed by atoms with Crippen LogP contribution in [0, 0.1) is 5.95 Å². The van der Waals surface area contributed by atoms with E-state index < -0.39 is 5.95 Å². The van der Waals surface area contributed by atoms with Gasteiger partial charge in [0.2, 0.25) is 5.95 Å². The molecule has 0 amide bonds. The highest BCUT2D eigenvalue weighted by atomic mass is 19.1. The summed E-state index contributed by atoms with van der Waals surface area (Å²) in [5, 5.41) is 0. The minimum atomic E-state index is -0.532. The van der Waals surface area contributed by atoms with Gasteiger partial charge in [0.25, 0.3) is 0 Å². The number of anilines is 1. The monoisotopic (exact) mass is 342 g/mol. The van der Waals surface area contributed by atoms with E-state index in [2.05, 4.69) is 26.9 Å². The third kappa shape index (κ3) is 4.37. The zero-order chi connectivity index (χ0) is 18.2. The van der Waals surface area contributed by atoms with E-state index in [0.717, 1.165) is 24.1 Å². The second kappa shape index (κ2) is 8.86. The molecule has 0 spiro atoms. The summed E-state index contributed by atoms with van der Waals surface area (Å²) in [6, 6.07) is 4.65. The molecular weight excluding hydrogens is 319 g/mol. The normalized spacial score (nSPS) is 10.2. The van der Waals surface area contributed by atoms with Gasteiger partial charge in [-0.05, 0) is 18.6 Å². The summed E-state index contributed by atoms with van der Waals surface area (Å²) in [6.45, 7) is 6.56. The molecular formula is C18H23FN6. The van der Waals surface area contributed by atoms with Gasteiger partial charge in [-0.15, -0.1) is 0 Å². The molecule has 0 unspecified atom stereocenters. The van der Waals surface area contributed by atoms with Crippen molar-refractivity contribution in [2.24, 2.45) is 0 Å². The summed E-state index contributed by atoms with van der Waals surface area (Å²) in [5.74, 6) is 0.557. The average Bonchev–Trinajstić information content (AvgIpc) is 3.08. The Balaban J connectivity index is 0.00000109. The first-order chi connectivity index (χ1) is 12.2. The van der Waals surface area contributed by atoms with E-state index in [0.29, 0.717) is 23.9 Å². The molecule has 0 aliphatic rings. The molecule has 0 aliphatic carbocycles. The summed E-state index contributed by atoms with van der Waals surface area (Å²) in [4.78, 5) is 16.6. The zero-order valence-corrected chi connectivity index (χ0v) is 14.8. The molecule has 0 fully saturated rings. The molecule has 6 nitrogen and oxygen atoms in total. The van der Waals surface area contributed by atoms with E-state index >= 15 is 0 Å². The lowest BCUT2D eigenvalue weighted by Crippen LogP contribution is -2.10. The van der Waals surface area contributed by atoms with Crippen LogP contribution in [-0.4, -0.2) is 24.5 Å². The minimum absolute atomic E-state index is 0.481. The summed E-state index contributed by atoms with van der Waals surface area (Å²) >= 11 is 0. The molecule has 25 heavy (non-hydrogen) atoms. The Morgan fingerprint density at radius 3 is 2.68 bits per heavy atom. The SMILES string of the molecule is CC.CCCc1c(N)ncnc1Cn1ccnc1-c1cccc(F)n1. The van der Waals surface area contributed by atoms with Crippen molar-refractivity contribution in [1.82, 2.24) is 24.5 Å². The van der Waals surface area contributed by atoms with Gasteiger partial charge in [0.15, 0.2) is 5.82 Å². The summed E-state index contributed by atoms with van der Waals surface area (Å²) in [5.41, 5.74) is 8.24. The van der Waals surface area contributed by atoms with Crippen LogP contribution >= 0.6 is 0 Å². The lowest BCUT2D eigenvalue weighted by Gasteiger charge is -2.12. The highest BCUT2D eigenvalue weighted by molar-refractivity contribution is 5.50. The maximum absolute atomic E-state index is 13.3. The first-order valence-electron chi connectivity index (χ1n) is 8.41. The van der Waals surface area contributed by atoms with E-state index in [1.54, 1.807) is 18.3 Å². The van der Waals surface area contributed by atoms with Gasteiger partial charge >= 0.3 is 0 Å². The molecule has 132 valence electrons. The Labute approximate surface area is 147 Å². The molecule has 3 rings (SSSR count). The fourth-order valence-corrected chi connectivity index (χ4v) is 2.49. The standard InChI is InChI=1S/C16H17FN6.C2H6/c1-2-4-11-13(20-10-21-15(11)18)9-23-8-7-19-16(23)12-5-3-6-14(17)22-12;1-2/h3,5-8,10H,2,4,9H2,1H3,(H2,18,20,21);1-2H3.